The minimum atomic E-state index is -4.45. The van der Waals surface area contributed by atoms with E-state index in [-0.39, 0.29) is 12.2 Å². The zero-order chi connectivity index (χ0) is 24.1. The van der Waals surface area contributed by atoms with Crippen LogP contribution in [-0.2, 0) is 19.3 Å². The highest BCUT2D eigenvalue weighted by atomic mass is 19.4. The fourth-order valence-electron chi connectivity index (χ4n) is 3.62. The highest BCUT2D eigenvalue weighted by Gasteiger charge is 2.33. The number of hydrogen-bond acceptors (Lipinski definition) is 6. The molecule has 0 saturated carbocycles. The van der Waals surface area contributed by atoms with E-state index in [0.717, 1.165) is 17.1 Å². The van der Waals surface area contributed by atoms with Crippen LogP contribution in [0.5, 0.6) is 11.5 Å². The summed E-state index contributed by atoms with van der Waals surface area (Å²) in [5.41, 5.74) is 7.42. The molecule has 4 aromatic rings. The Balaban J connectivity index is 1.52. The summed E-state index contributed by atoms with van der Waals surface area (Å²) in [6, 6.07) is 18.5. The van der Waals surface area contributed by atoms with Gasteiger partial charge in [0.2, 0.25) is 0 Å². The van der Waals surface area contributed by atoms with Crippen molar-refractivity contribution in [1.82, 2.24) is 4.98 Å². The minimum Gasteiger partial charge on any atom is -0.493 e. The van der Waals surface area contributed by atoms with Crippen molar-refractivity contribution in [3.8, 4) is 11.5 Å². The number of nitrogens with two attached hydrogens (primary N) is 1. The molecule has 3 aromatic carbocycles. The smallest absolute Gasteiger partial charge is 0.416 e. The van der Waals surface area contributed by atoms with Crippen LogP contribution in [0.25, 0.3) is 11.1 Å². The average Bonchev–Trinajstić information content (AvgIpc) is 3.27. The first-order valence-electron chi connectivity index (χ1n) is 10.6. The first kappa shape index (κ1) is 23.4. The van der Waals surface area contributed by atoms with Gasteiger partial charge in [-0.05, 0) is 35.9 Å². The molecule has 2 N–H and O–H groups in total. The van der Waals surface area contributed by atoms with Crippen LogP contribution < -0.4 is 20.1 Å². The minimum absolute atomic E-state index is 0.0474. The highest BCUT2D eigenvalue weighted by molar-refractivity contribution is 5.74. The van der Waals surface area contributed by atoms with Crippen molar-refractivity contribution in [2.45, 2.75) is 19.3 Å². The van der Waals surface area contributed by atoms with E-state index in [1.807, 2.05) is 35.2 Å². The second-order valence-corrected chi connectivity index (χ2v) is 7.60. The molecular formula is C25H24F3N3O3. The number of aromatic nitrogens is 1. The van der Waals surface area contributed by atoms with E-state index in [1.54, 1.807) is 18.2 Å². The monoisotopic (exact) mass is 471 g/mol. The molecule has 6 nitrogen and oxygen atoms in total. The number of nitrogens with zero attached hydrogens (tertiary/aromatic N) is 2. The first-order valence-corrected chi connectivity index (χ1v) is 10.6. The Morgan fingerprint density at radius 2 is 1.76 bits per heavy atom. The number of anilines is 1. The van der Waals surface area contributed by atoms with Gasteiger partial charge in [0.05, 0.1) is 12.7 Å². The fourth-order valence-corrected chi connectivity index (χ4v) is 3.62. The second-order valence-electron chi connectivity index (χ2n) is 7.60. The van der Waals surface area contributed by atoms with Gasteiger partial charge in [0.25, 0.3) is 6.01 Å². The van der Waals surface area contributed by atoms with Gasteiger partial charge in [-0.1, -0.05) is 36.4 Å². The Morgan fingerprint density at radius 1 is 1.00 bits per heavy atom. The molecule has 9 heteroatoms. The number of rotatable bonds is 9. The molecule has 0 atom stereocenters. The van der Waals surface area contributed by atoms with Crippen LogP contribution in [0, 0.1) is 0 Å². The van der Waals surface area contributed by atoms with Crippen LogP contribution in [0.15, 0.2) is 71.1 Å². The number of hydrogen-bond donors (Lipinski definition) is 1. The number of methoxy groups -OCH3 is 1. The summed E-state index contributed by atoms with van der Waals surface area (Å²) in [6.45, 7) is 1.11. The van der Waals surface area contributed by atoms with Crippen molar-refractivity contribution in [1.29, 1.82) is 0 Å². The summed E-state index contributed by atoms with van der Waals surface area (Å²) in [4.78, 5) is 6.45. The lowest BCUT2D eigenvalue weighted by atomic mass is 10.1. The third kappa shape index (κ3) is 5.26. The van der Waals surface area contributed by atoms with Crippen LogP contribution in [0.1, 0.15) is 16.7 Å². The molecule has 4 rings (SSSR count). The maximum absolute atomic E-state index is 13.3. The van der Waals surface area contributed by atoms with E-state index in [9.17, 15) is 13.2 Å². The molecule has 1 aromatic heterocycles. The molecule has 0 unspecified atom stereocenters. The predicted molar refractivity (Wildman–Crippen MR) is 123 cm³/mol. The third-order valence-corrected chi connectivity index (χ3v) is 5.26. The summed E-state index contributed by atoms with van der Waals surface area (Å²) in [6.07, 6.45) is -4.45. The number of halogens is 3. The standard InChI is InChI=1S/C25H24F3N3O3/c1-32-23-14-17(15-31(13-12-29)24-30-20-8-4-5-9-21(20)34-24)10-11-22(23)33-16-18-6-2-3-7-19(18)25(26,27)28/h2-11,14H,12-13,15-16,29H2,1H3. The number of ether oxygens (including phenoxy) is 2. The number of benzene rings is 3. The van der Waals surface area contributed by atoms with Crippen LogP contribution in [0.2, 0.25) is 0 Å². The Labute approximate surface area is 194 Å². The van der Waals surface area contributed by atoms with Crippen LogP contribution in [0.3, 0.4) is 0 Å². The van der Waals surface area contributed by atoms with Gasteiger partial charge in [0.15, 0.2) is 17.1 Å². The molecule has 0 saturated heterocycles. The van der Waals surface area contributed by atoms with Crippen molar-refractivity contribution < 1.29 is 27.1 Å². The van der Waals surface area contributed by atoms with E-state index < -0.39 is 11.7 Å². The number of alkyl halides is 3. The van der Waals surface area contributed by atoms with Crippen molar-refractivity contribution >= 4 is 17.1 Å². The van der Waals surface area contributed by atoms with Gasteiger partial charge in [0.1, 0.15) is 12.1 Å². The maximum Gasteiger partial charge on any atom is 0.416 e. The molecule has 0 radical (unpaired) electrons. The van der Waals surface area contributed by atoms with Gasteiger partial charge >= 0.3 is 6.18 Å². The lowest BCUT2D eigenvalue weighted by Crippen LogP contribution is -2.29. The van der Waals surface area contributed by atoms with Crippen LogP contribution >= 0.6 is 0 Å². The van der Waals surface area contributed by atoms with E-state index in [1.165, 1.54) is 19.2 Å². The summed E-state index contributed by atoms with van der Waals surface area (Å²) in [7, 11) is 1.48. The van der Waals surface area contributed by atoms with E-state index in [2.05, 4.69) is 4.98 Å². The van der Waals surface area contributed by atoms with E-state index in [4.69, 9.17) is 19.6 Å². The largest absolute Gasteiger partial charge is 0.493 e. The van der Waals surface area contributed by atoms with Crippen molar-refractivity contribution in [2.75, 3.05) is 25.1 Å². The molecule has 34 heavy (non-hydrogen) atoms. The first-order chi connectivity index (χ1) is 16.4. The molecule has 0 aliphatic carbocycles. The molecular weight excluding hydrogens is 447 g/mol. The Bertz CT molecular complexity index is 1220. The average molecular weight is 471 g/mol. The lowest BCUT2D eigenvalue weighted by molar-refractivity contribution is -0.138. The van der Waals surface area contributed by atoms with Gasteiger partial charge in [-0.15, -0.1) is 0 Å². The zero-order valence-corrected chi connectivity index (χ0v) is 18.5. The lowest BCUT2D eigenvalue weighted by Gasteiger charge is -2.21. The fraction of sp³-hybridized carbons (Fsp3) is 0.240. The quantitative estimate of drug-likeness (QED) is 0.352. The Kier molecular flexibility index (Phi) is 6.93. The number of oxazole rings is 1. The number of fused-ring (bicyclic) bond motifs is 1. The normalized spacial score (nSPS) is 11.6. The SMILES string of the molecule is COc1cc(CN(CCN)c2nc3ccccc3o2)ccc1OCc1ccccc1C(F)(F)F. The molecule has 178 valence electrons. The van der Waals surface area contributed by atoms with Gasteiger partial charge in [-0.3, -0.25) is 0 Å². The summed E-state index contributed by atoms with van der Waals surface area (Å²) >= 11 is 0. The summed E-state index contributed by atoms with van der Waals surface area (Å²) in [5.74, 6) is 0.753. The van der Waals surface area contributed by atoms with Crippen LogP contribution in [-0.4, -0.2) is 25.2 Å². The summed E-state index contributed by atoms with van der Waals surface area (Å²) in [5, 5.41) is 0. The van der Waals surface area contributed by atoms with Crippen molar-refractivity contribution in [3.63, 3.8) is 0 Å². The maximum atomic E-state index is 13.3. The molecule has 0 fully saturated rings. The molecule has 0 spiro atoms. The Hall–Kier alpha value is -3.72. The second kappa shape index (κ2) is 10.0. The number of para-hydroxylation sites is 2. The third-order valence-electron chi connectivity index (χ3n) is 5.26. The Morgan fingerprint density at radius 3 is 2.50 bits per heavy atom. The van der Waals surface area contributed by atoms with Gasteiger partial charge in [-0.25, -0.2) is 0 Å². The van der Waals surface area contributed by atoms with E-state index in [0.29, 0.717) is 42.7 Å². The zero-order valence-electron chi connectivity index (χ0n) is 18.5. The van der Waals surface area contributed by atoms with Gasteiger partial charge < -0.3 is 24.5 Å². The predicted octanol–water partition coefficient (Wildman–Crippen LogP) is 5.40. The van der Waals surface area contributed by atoms with Crippen molar-refractivity contribution in [3.05, 3.63) is 83.4 Å². The van der Waals surface area contributed by atoms with Crippen molar-refractivity contribution in [2.24, 2.45) is 5.73 Å². The summed E-state index contributed by atoms with van der Waals surface area (Å²) < 4.78 is 56.8. The van der Waals surface area contributed by atoms with Gasteiger partial charge in [-0.2, -0.15) is 18.2 Å². The molecule has 0 amide bonds. The topological polar surface area (TPSA) is 73.8 Å². The van der Waals surface area contributed by atoms with Crippen LogP contribution in [0.4, 0.5) is 19.2 Å². The molecule has 0 aliphatic rings. The molecule has 1 heterocycles. The van der Waals surface area contributed by atoms with Gasteiger partial charge in [0, 0.05) is 25.2 Å². The highest BCUT2D eigenvalue weighted by Crippen LogP contribution is 2.34. The van der Waals surface area contributed by atoms with E-state index >= 15 is 0 Å². The molecule has 0 bridgehead atoms. The molecule has 0 aliphatic heterocycles.